The number of anilines is 1. The lowest BCUT2D eigenvalue weighted by atomic mass is 9.92. The molecule has 10 heteroatoms. The van der Waals surface area contributed by atoms with Crippen LogP contribution < -0.4 is 15.4 Å². The molecule has 1 aliphatic heterocycles. The topological polar surface area (TPSA) is 127 Å². The third-order valence-electron chi connectivity index (χ3n) is 5.97. The van der Waals surface area contributed by atoms with Gasteiger partial charge in [-0.15, -0.1) is 0 Å². The number of amides is 4. The van der Waals surface area contributed by atoms with Gasteiger partial charge in [-0.05, 0) is 43.2 Å². The number of para-hydroxylation sites is 1. The van der Waals surface area contributed by atoms with Crippen molar-refractivity contribution in [1.82, 2.24) is 20.4 Å². The maximum atomic E-state index is 13.2. The van der Waals surface area contributed by atoms with E-state index in [9.17, 15) is 14.4 Å². The van der Waals surface area contributed by atoms with Crippen molar-refractivity contribution in [2.24, 2.45) is 0 Å². The normalized spacial score (nSPS) is 17.6. The summed E-state index contributed by atoms with van der Waals surface area (Å²) in [7, 11) is 1.54. The number of nitrogens with zero attached hydrogens (tertiary/aromatic N) is 3. The van der Waals surface area contributed by atoms with E-state index in [2.05, 4.69) is 20.8 Å². The molecule has 1 fully saturated rings. The third-order valence-corrected chi connectivity index (χ3v) is 5.97. The molecular weight excluding hydrogens is 450 g/mol. The summed E-state index contributed by atoms with van der Waals surface area (Å²) in [5, 5.41) is 9.50. The fourth-order valence-corrected chi connectivity index (χ4v) is 3.87. The van der Waals surface area contributed by atoms with Gasteiger partial charge in [-0.2, -0.15) is 4.98 Å². The van der Waals surface area contributed by atoms with Gasteiger partial charge in [0.15, 0.2) is 5.82 Å². The van der Waals surface area contributed by atoms with Crippen LogP contribution in [0.1, 0.15) is 43.6 Å². The molecule has 0 radical (unpaired) electrons. The number of imide groups is 1. The molecule has 2 aromatic carbocycles. The Labute approximate surface area is 202 Å². The maximum absolute atomic E-state index is 13.2. The minimum Gasteiger partial charge on any atom is -0.497 e. The van der Waals surface area contributed by atoms with Gasteiger partial charge in [0.2, 0.25) is 5.91 Å². The molecule has 35 heavy (non-hydrogen) atoms. The van der Waals surface area contributed by atoms with E-state index in [-0.39, 0.29) is 11.8 Å². The second-order valence-corrected chi connectivity index (χ2v) is 8.83. The van der Waals surface area contributed by atoms with Gasteiger partial charge in [-0.1, -0.05) is 43.3 Å². The number of nitrogens with one attached hydrogen (secondary N) is 2. The first-order valence-corrected chi connectivity index (χ1v) is 11.2. The molecule has 1 aliphatic rings. The van der Waals surface area contributed by atoms with E-state index < -0.39 is 29.9 Å². The zero-order chi connectivity index (χ0) is 25.3. The van der Waals surface area contributed by atoms with Crippen LogP contribution in [0.25, 0.3) is 11.5 Å². The number of aryl methyl sites for hydroxylation is 1. The SMILES string of the molecule is COc1ccc(C2(C)NC(=O)N(CC(=O)Nc3c(C)cccc3-c3nc(C(C)C)no3)C2=O)cc1. The number of rotatable bonds is 7. The highest BCUT2D eigenvalue weighted by Gasteiger charge is 2.49. The van der Waals surface area contributed by atoms with Crippen LogP contribution in [-0.2, 0) is 15.1 Å². The van der Waals surface area contributed by atoms with Crippen molar-refractivity contribution in [2.75, 3.05) is 19.0 Å². The first-order valence-electron chi connectivity index (χ1n) is 11.2. The largest absolute Gasteiger partial charge is 0.497 e. The zero-order valence-corrected chi connectivity index (χ0v) is 20.2. The summed E-state index contributed by atoms with van der Waals surface area (Å²) in [6, 6.07) is 11.6. The molecule has 0 aliphatic carbocycles. The Kier molecular flexibility index (Phi) is 6.29. The van der Waals surface area contributed by atoms with Gasteiger partial charge in [-0.25, -0.2) is 4.79 Å². The summed E-state index contributed by atoms with van der Waals surface area (Å²) in [4.78, 5) is 44.2. The lowest BCUT2D eigenvalue weighted by Gasteiger charge is -2.22. The molecule has 10 nitrogen and oxygen atoms in total. The molecule has 0 bridgehead atoms. The molecule has 4 rings (SSSR count). The predicted molar refractivity (Wildman–Crippen MR) is 128 cm³/mol. The highest BCUT2D eigenvalue weighted by molar-refractivity contribution is 6.10. The molecule has 1 atom stereocenters. The number of hydrogen-bond donors (Lipinski definition) is 2. The number of aromatic nitrogens is 2. The molecule has 1 unspecified atom stereocenters. The Balaban J connectivity index is 1.54. The number of carbonyl (C=O) groups excluding carboxylic acids is 3. The second-order valence-electron chi connectivity index (χ2n) is 8.83. The van der Waals surface area contributed by atoms with Crippen LogP contribution in [0, 0.1) is 6.92 Å². The lowest BCUT2D eigenvalue weighted by Crippen LogP contribution is -2.42. The van der Waals surface area contributed by atoms with Gasteiger partial charge in [0, 0.05) is 5.92 Å². The van der Waals surface area contributed by atoms with Gasteiger partial charge in [-0.3, -0.25) is 14.5 Å². The Bertz CT molecular complexity index is 1280. The van der Waals surface area contributed by atoms with Gasteiger partial charge >= 0.3 is 6.03 Å². The lowest BCUT2D eigenvalue weighted by molar-refractivity contribution is -0.133. The fourth-order valence-electron chi connectivity index (χ4n) is 3.87. The molecule has 2 heterocycles. The van der Waals surface area contributed by atoms with Crippen LogP contribution in [-0.4, -0.2) is 46.5 Å². The predicted octanol–water partition coefficient (Wildman–Crippen LogP) is 3.58. The van der Waals surface area contributed by atoms with E-state index in [1.807, 2.05) is 32.9 Å². The van der Waals surface area contributed by atoms with E-state index in [1.165, 1.54) is 0 Å². The molecule has 0 saturated carbocycles. The van der Waals surface area contributed by atoms with Crippen LogP contribution in [0.3, 0.4) is 0 Å². The van der Waals surface area contributed by atoms with Crippen molar-refractivity contribution in [3.63, 3.8) is 0 Å². The molecule has 182 valence electrons. The average molecular weight is 478 g/mol. The Morgan fingerprint density at radius 1 is 1.20 bits per heavy atom. The summed E-state index contributed by atoms with van der Waals surface area (Å²) < 4.78 is 10.6. The van der Waals surface area contributed by atoms with Crippen molar-refractivity contribution in [3.8, 4) is 17.2 Å². The van der Waals surface area contributed by atoms with E-state index in [0.29, 0.717) is 28.4 Å². The van der Waals surface area contributed by atoms with Crippen LogP contribution in [0.5, 0.6) is 5.75 Å². The van der Waals surface area contributed by atoms with Crippen molar-refractivity contribution in [3.05, 3.63) is 59.4 Å². The fraction of sp³-hybridized carbons (Fsp3) is 0.320. The van der Waals surface area contributed by atoms with E-state index in [1.54, 1.807) is 44.4 Å². The highest BCUT2D eigenvalue weighted by Crippen LogP contribution is 2.32. The van der Waals surface area contributed by atoms with Gasteiger partial charge in [0.25, 0.3) is 11.8 Å². The van der Waals surface area contributed by atoms with Crippen molar-refractivity contribution >= 4 is 23.5 Å². The molecule has 1 saturated heterocycles. The number of benzene rings is 2. The molecule has 1 aromatic heterocycles. The highest BCUT2D eigenvalue weighted by atomic mass is 16.5. The number of hydrogen-bond acceptors (Lipinski definition) is 7. The average Bonchev–Trinajstić information content (AvgIpc) is 3.41. The smallest absolute Gasteiger partial charge is 0.325 e. The van der Waals surface area contributed by atoms with Crippen molar-refractivity contribution in [1.29, 1.82) is 0 Å². The summed E-state index contributed by atoms with van der Waals surface area (Å²) in [6.45, 7) is 6.88. The van der Waals surface area contributed by atoms with E-state index >= 15 is 0 Å². The maximum Gasteiger partial charge on any atom is 0.325 e. The van der Waals surface area contributed by atoms with Crippen LogP contribution in [0.4, 0.5) is 10.5 Å². The Morgan fingerprint density at radius 2 is 1.91 bits per heavy atom. The van der Waals surface area contributed by atoms with Crippen LogP contribution in [0.15, 0.2) is 47.0 Å². The zero-order valence-electron chi connectivity index (χ0n) is 20.2. The summed E-state index contributed by atoms with van der Waals surface area (Å²) in [5.74, 6) is 0.472. The minimum absolute atomic E-state index is 0.0788. The third kappa shape index (κ3) is 4.46. The molecule has 4 amide bonds. The molecule has 0 spiro atoms. The number of carbonyl (C=O) groups is 3. The first-order chi connectivity index (χ1) is 16.6. The summed E-state index contributed by atoms with van der Waals surface area (Å²) >= 11 is 0. The van der Waals surface area contributed by atoms with Gasteiger partial charge in [0.1, 0.15) is 17.8 Å². The second kappa shape index (κ2) is 9.21. The van der Waals surface area contributed by atoms with Gasteiger partial charge in [0.05, 0.1) is 18.4 Å². The Morgan fingerprint density at radius 3 is 2.54 bits per heavy atom. The number of methoxy groups -OCH3 is 1. The van der Waals surface area contributed by atoms with Crippen LogP contribution in [0.2, 0.25) is 0 Å². The van der Waals surface area contributed by atoms with Crippen molar-refractivity contribution in [2.45, 2.75) is 39.2 Å². The quantitative estimate of drug-likeness (QED) is 0.498. The Hall–Kier alpha value is -4.21. The van der Waals surface area contributed by atoms with Gasteiger partial charge < -0.3 is 19.9 Å². The summed E-state index contributed by atoms with van der Waals surface area (Å²) in [5.41, 5.74) is 1.08. The van der Waals surface area contributed by atoms with Crippen LogP contribution >= 0.6 is 0 Å². The first kappa shape index (κ1) is 23.9. The number of ether oxygens (including phenoxy) is 1. The molecule has 2 N–H and O–H groups in total. The van der Waals surface area contributed by atoms with E-state index in [4.69, 9.17) is 9.26 Å². The van der Waals surface area contributed by atoms with E-state index in [0.717, 1.165) is 10.5 Å². The van der Waals surface area contributed by atoms with Crippen molar-refractivity contribution < 1.29 is 23.6 Å². The summed E-state index contributed by atoms with van der Waals surface area (Å²) in [6.07, 6.45) is 0. The standard InChI is InChI=1S/C25H27N5O5/c1-14(2)21-27-22(35-29-21)18-8-6-7-15(3)20(18)26-19(31)13-30-23(32)25(4,28-24(30)33)16-9-11-17(34-5)12-10-16/h6-12,14H,13H2,1-5H3,(H,26,31)(H,28,33). The monoisotopic (exact) mass is 477 g/mol. The molecule has 3 aromatic rings. The minimum atomic E-state index is -1.30. The molecular formula is C25H27N5O5. The number of urea groups is 1.